The van der Waals surface area contributed by atoms with Crippen LogP contribution < -0.4 is 16.4 Å². The fourth-order valence-corrected chi connectivity index (χ4v) is 2.08. The van der Waals surface area contributed by atoms with Gasteiger partial charge in [0.2, 0.25) is 0 Å². The number of nitrogens with two attached hydrogens (primary N) is 1. The number of halogens is 2. The van der Waals surface area contributed by atoms with E-state index in [1.807, 2.05) is 6.07 Å². The number of nitrogen functional groups attached to an aromatic ring is 1. The van der Waals surface area contributed by atoms with E-state index in [0.717, 1.165) is 4.47 Å². The highest BCUT2D eigenvalue weighted by Gasteiger charge is 2.09. The molecule has 3 heterocycles. The predicted octanol–water partition coefficient (Wildman–Crippen LogP) is 3.75. The molecule has 0 aliphatic heterocycles. The van der Waals surface area contributed by atoms with Crippen molar-refractivity contribution in [1.29, 1.82) is 0 Å². The summed E-state index contributed by atoms with van der Waals surface area (Å²) in [7, 11) is 0. The van der Waals surface area contributed by atoms with E-state index in [2.05, 4.69) is 46.5 Å². The highest BCUT2D eigenvalue weighted by molar-refractivity contribution is 9.10. The molecule has 0 aromatic carbocycles. The molecule has 116 valence electrons. The summed E-state index contributed by atoms with van der Waals surface area (Å²) in [5, 5.41) is 6.62. The zero-order valence-corrected chi connectivity index (χ0v) is 14.0. The molecule has 0 spiro atoms. The first kappa shape index (κ1) is 15.4. The van der Waals surface area contributed by atoms with Crippen molar-refractivity contribution in [2.75, 3.05) is 16.4 Å². The quantitative estimate of drug-likeness (QED) is 0.621. The van der Waals surface area contributed by atoms with Gasteiger partial charge >= 0.3 is 0 Å². The summed E-state index contributed by atoms with van der Waals surface area (Å²) in [6.45, 7) is 0. The molecule has 0 amide bonds. The molecule has 0 aliphatic carbocycles. The van der Waals surface area contributed by atoms with E-state index in [1.54, 1.807) is 24.4 Å². The maximum atomic E-state index is 6.10. The first-order valence-corrected chi connectivity index (χ1v) is 7.66. The Hall–Kier alpha value is -2.45. The number of hydrogen-bond donors (Lipinski definition) is 3. The average molecular weight is 393 g/mol. The van der Waals surface area contributed by atoms with Crippen LogP contribution in [0.5, 0.6) is 0 Å². The number of aromatic nitrogens is 4. The van der Waals surface area contributed by atoms with E-state index in [0.29, 0.717) is 34.0 Å². The monoisotopic (exact) mass is 391 g/mol. The van der Waals surface area contributed by atoms with Crippen molar-refractivity contribution in [3.05, 3.63) is 52.5 Å². The lowest BCUT2D eigenvalue weighted by Crippen LogP contribution is -2.06. The van der Waals surface area contributed by atoms with E-state index in [4.69, 9.17) is 17.3 Å². The van der Waals surface area contributed by atoms with Gasteiger partial charge in [0.25, 0.3) is 0 Å². The van der Waals surface area contributed by atoms with Gasteiger partial charge in [-0.1, -0.05) is 11.6 Å². The summed E-state index contributed by atoms with van der Waals surface area (Å²) in [5.74, 6) is 2.09. The minimum absolute atomic E-state index is 0.356. The SMILES string of the molecule is Nc1c(Nc2ccc(Cl)cn2)ncnc1Nc1ccc(Br)cn1. The smallest absolute Gasteiger partial charge is 0.160 e. The van der Waals surface area contributed by atoms with Crippen LogP contribution in [0.25, 0.3) is 0 Å². The van der Waals surface area contributed by atoms with Gasteiger partial charge in [-0.25, -0.2) is 19.9 Å². The second-order valence-corrected chi connectivity index (χ2v) is 5.81. The van der Waals surface area contributed by atoms with Crippen molar-refractivity contribution in [3.63, 3.8) is 0 Å². The molecule has 0 bridgehead atoms. The second kappa shape index (κ2) is 6.76. The summed E-state index contributed by atoms with van der Waals surface area (Å²) in [5.41, 5.74) is 6.45. The van der Waals surface area contributed by atoms with Gasteiger partial charge in [0.15, 0.2) is 11.6 Å². The van der Waals surface area contributed by atoms with Gasteiger partial charge < -0.3 is 16.4 Å². The number of rotatable bonds is 4. The molecule has 23 heavy (non-hydrogen) atoms. The van der Waals surface area contributed by atoms with Crippen molar-refractivity contribution >= 4 is 56.5 Å². The number of hydrogen-bond acceptors (Lipinski definition) is 7. The van der Waals surface area contributed by atoms with Crippen LogP contribution in [0, 0.1) is 0 Å². The third-order valence-electron chi connectivity index (χ3n) is 2.83. The van der Waals surface area contributed by atoms with Crippen molar-refractivity contribution in [3.8, 4) is 0 Å². The third-order valence-corrected chi connectivity index (χ3v) is 3.52. The average Bonchev–Trinajstić information content (AvgIpc) is 2.55. The van der Waals surface area contributed by atoms with E-state index >= 15 is 0 Å². The van der Waals surface area contributed by atoms with E-state index in [-0.39, 0.29) is 0 Å². The fraction of sp³-hybridized carbons (Fsp3) is 0. The highest BCUT2D eigenvalue weighted by atomic mass is 79.9. The summed E-state index contributed by atoms with van der Waals surface area (Å²) in [6.07, 6.45) is 4.61. The summed E-state index contributed by atoms with van der Waals surface area (Å²) >= 11 is 9.14. The molecule has 3 aromatic rings. The molecule has 4 N–H and O–H groups in total. The lowest BCUT2D eigenvalue weighted by molar-refractivity contribution is 1.15. The molecule has 3 aromatic heterocycles. The van der Waals surface area contributed by atoms with Crippen molar-refractivity contribution < 1.29 is 0 Å². The first-order valence-electron chi connectivity index (χ1n) is 6.49. The molecule has 0 aliphatic rings. The van der Waals surface area contributed by atoms with E-state index in [9.17, 15) is 0 Å². The molecule has 0 radical (unpaired) electrons. The van der Waals surface area contributed by atoms with Crippen LogP contribution in [0.4, 0.5) is 29.0 Å². The van der Waals surface area contributed by atoms with Gasteiger partial charge in [0.1, 0.15) is 23.7 Å². The minimum Gasteiger partial charge on any atom is -0.393 e. The standard InChI is InChI=1S/C14H11BrClN7/c15-8-1-3-10(18-5-8)22-13-12(17)14(21-7-20-13)23-11-4-2-9(16)6-19-11/h1-7H,17H2,(H2,18,19,20,21,22,23). The Morgan fingerprint density at radius 3 is 2.00 bits per heavy atom. The van der Waals surface area contributed by atoms with E-state index in [1.165, 1.54) is 12.5 Å². The third kappa shape index (κ3) is 3.85. The molecule has 0 saturated heterocycles. The largest absolute Gasteiger partial charge is 0.393 e. The Balaban J connectivity index is 1.83. The molecular formula is C14H11BrClN7. The molecular weight excluding hydrogens is 382 g/mol. The Bertz CT molecular complexity index is 743. The Morgan fingerprint density at radius 2 is 1.48 bits per heavy atom. The molecule has 0 saturated carbocycles. The van der Waals surface area contributed by atoms with Crippen molar-refractivity contribution in [2.24, 2.45) is 0 Å². The Kier molecular flexibility index (Phi) is 4.54. The van der Waals surface area contributed by atoms with Gasteiger partial charge in [0.05, 0.1) is 5.02 Å². The Morgan fingerprint density at radius 1 is 0.870 bits per heavy atom. The van der Waals surface area contributed by atoms with E-state index < -0.39 is 0 Å². The summed E-state index contributed by atoms with van der Waals surface area (Å²) in [4.78, 5) is 16.6. The van der Waals surface area contributed by atoms with Gasteiger partial charge in [-0.05, 0) is 40.2 Å². The second-order valence-electron chi connectivity index (χ2n) is 4.46. The Labute approximate surface area is 145 Å². The summed E-state index contributed by atoms with van der Waals surface area (Å²) in [6, 6.07) is 7.12. The number of nitrogens with one attached hydrogen (secondary N) is 2. The summed E-state index contributed by atoms with van der Waals surface area (Å²) < 4.78 is 0.884. The van der Waals surface area contributed by atoms with Crippen LogP contribution in [-0.2, 0) is 0 Å². The lowest BCUT2D eigenvalue weighted by atomic mass is 10.4. The molecule has 9 heteroatoms. The number of pyridine rings is 2. The van der Waals surface area contributed by atoms with Crippen molar-refractivity contribution in [2.45, 2.75) is 0 Å². The highest BCUT2D eigenvalue weighted by Crippen LogP contribution is 2.27. The van der Waals surface area contributed by atoms with Crippen molar-refractivity contribution in [1.82, 2.24) is 19.9 Å². The zero-order chi connectivity index (χ0) is 16.2. The van der Waals surface area contributed by atoms with Gasteiger partial charge in [0, 0.05) is 16.9 Å². The first-order chi connectivity index (χ1) is 11.1. The molecule has 0 fully saturated rings. The molecule has 3 rings (SSSR count). The van der Waals surface area contributed by atoms with Gasteiger partial charge in [-0.3, -0.25) is 0 Å². The van der Waals surface area contributed by atoms with Crippen LogP contribution in [0.1, 0.15) is 0 Å². The van der Waals surface area contributed by atoms with Gasteiger partial charge in [-0.15, -0.1) is 0 Å². The maximum Gasteiger partial charge on any atom is 0.160 e. The van der Waals surface area contributed by atoms with Crippen LogP contribution in [-0.4, -0.2) is 19.9 Å². The minimum atomic E-state index is 0.356. The zero-order valence-electron chi connectivity index (χ0n) is 11.7. The molecule has 0 unspecified atom stereocenters. The van der Waals surface area contributed by atoms with Crippen LogP contribution in [0.15, 0.2) is 47.5 Å². The normalized spacial score (nSPS) is 10.3. The predicted molar refractivity (Wildman–Crippen MR) is 94.2 cm³/mol. The topological polar surface area (TPSA) is 102 Å². The maximum absolute atomic E-state index is 6.10. The molecule has 0 atom stereocenters. The number of anilines is 5. The fourth-order valence-electron chi connectivity index (χ4n) is 1.74. The number of nitrogens with zero attached hydrogens (tertiary/aromatic N) is 4. The van der Waals surface area contributed by atoms with Crippen LogP contribution in [0.2, 0.25) is 5.02 Å². The van der Waals surface area contributed by atoms with Gasteiger partial charge in [-0.2, -0.15) is 0 Å². The van der Waals surface area contributed by atoms with Crippen LogP contribution >= 0.6 is 27.5 Å². The lowest BCUT2D eigenvalue weighted by Gasteiger charge is -2.11. The van der Waals surface area contributed by atoms with Crippen LogP contribution in [0.3, 0.4) is 0 Å². The molecule has 7 nitrogen and oxygen atoms in total.